The summed E-state index contributed by atoms with van der Waals surface area (Å²) in [6, 6.07) is 0. The predicted molar refractivity (Wildman–Crippen MR) is 90.5 cm³/mol. The molecule has 1 spiro atoms. The highest BCUT2D eigenvalue weighted by Crippen LogP contribution is 2.43. The third-order valence-corrected chi connectivity index (χ3v) is 5.96. The molecular weight excluding hydrogens is 258 g/mol. The van der Waals surface area contributed by atoms with Crippen molar-refractivity contribution in [3.63, 3.8) is 0 Å². The van der Waals surface area contributed by atoms with Crippen LogP contribution >= 0.6 is 0 Å². The first-order chi connectivity index (χ1) is 10.0. The minimum Gasteiger partial charge on any atom is -0.375 e. The molecule has 2 aliphatic rings. The standard InChI is InChI=1S/C19H37NO/c1-15(2)13-20-14-16(3)17(4)18-8-11-21-19(12-18)9-6-5-7-10-19/h15-18,20H,5-14H2,1-4H3. The molecule has 2 nitrogen and oxygen atoms in total. The summed E-state index contributed by atoms with van der Waals surface area (Å²) in [6.07, 6.45) is 9.41. The molecule has 3 atom stereocenters. The average molecular weight is 296 g/mol. The van der Waals surface area contributed by atoms with Crippen molar-refractivity contribution in [2.24, 2.45) is 23.7 Å². The first-order valence-electron chi connectivity index (χ1n) is 9.37. The summed E-state index contributed by atoms with van der Waals surface area (Å²) < 4.78 is 6.26. The van der Waals surface area contributed by atoms with Gasteiger partial charge in [-0.15, -0.1) is 0 Å². The highest BCUT2D eigenvalue weighted by Gasteiger charge is 2.40. The van der Waals surface area contributed by atoms with Crippen molar-refractivity contribution >= 4 is 0 Å². The lowest BCUT2D eigenvalue weighted by molar-refractivity contribution is -0.126. The molecule has 0 aromatic rings. The van der Waals surface area contributed by atoms with Crippen molar-refractivity contribution in [3.8, 4) is 0 Å². The summed E-state index contributed by atoms with van der Waals surface area (Å²) >= 11 is 0. The summed E-state index contributed by atoms with van der Waals surface area (Å²) in [4.78, 5) is 0. The van der Waals surface area contributed by atoms with Crippen molar-refractivity contribution in [2.75, 3.05) is 19.7 Å². The number of hydrogen-bond acceptors (Lipinski definition) is 2. The molecule has 1 aliphatic heterocycles. The number of nitrogens with one attached hydrogen (secondary N) is 1. The van der Waals surface area contributed by atoms with Crippen LogP contribution in [0.1, 0.15) is 72.6 Å². The maximum absolute atomic E-state index is 6.26. The lowest BCUT2D eigenvalue weighted by Gasteiger charge is -2.46. The molecule has 2 fully saturated rings. The Kier molecular flexibility index (Phi) is 6.55. The zero-order valence-corrected chi connectivity index (χ0v) is 14.8. The van der Waals surface area contributed by atoms with E-state index in [4.69, 9.17) is 4.74 Å². The first kappa shape index (κ1) is 17.3. The molecule has 21 heavy (non-hydrogen) atoms. The second-order valence-electron chi connectivity index (χ2n) is 8.23. The Morgan fingerprint density at radius 1 is 1.05 bits per heavy atom. The van der Waals surface area contributed by atoms with E-state index in [0.29, 0.717) is 0 Å². The highest BCUT2D eigenvalue weighted by molar-refractivity contribution is 4.91. The Labute approximate surface area is 132 Å². The van der Waals surface area contributed by atoms with Gasteiger partial charge in [-0.1, -0.05) is 47.0 Å². The van der Waals surface area contributed by atoms with Gasteiger partial charge in [-0.2, -0.15) is 0 Å². The maximum atomic E-state index is 6.26. The molecule has 1 aliphatic carbocycles. The normalized spacial score (nSPS) is 28.7. The van der Waals surface area contributed by atoms with Crippen molar-refractivity contribution in [3.05, 3.63) is 0 Å². The quantitative estimate of drug-likeness (QED) is 0.771. The molecule has 3 unspecified atom stereocenters. The number of rotatable bonds is 6. The van der Waals surface area contributed by atoms with E-state index in [1.165, 1.54) is 51.5 Å². The van der Waals surface area contributed by atoms with Crippen LogP contribution in [0.15, 0.2) is 0 Å². The SMILES string of the molecule is CC(C)CNCC(C)C(C)C1CCOC2(CCCCC2)C1. The van der Waals surface area contributed by atoms with E-state index >= 15 is 0 Å². The molecule has 2 heteroatoms. The van der Waals surface area contributed by atoms with Gasteiger partial charge in [0.25, 0.3) is 0 Å². The van der Waals surface area contributed by atoms with Crippen molar-refractivity contribution in [1.82, 2.24) is 5.32 Å². The fourth-order valence-electron chi connectivity index (χ4n) is 4.31. The van der Waals surface area contributed by atoms with Gasteiger partial charge >= 0.3 is 0 Å². The Balaban J connectivity index is 1.82. The second kappa shape index (κ2) is 7.97. The van der Waals surface area contributed by atoms with Crippen LogP contribution in [0.2, 0.25) is 0 Å². The predicted octanol–water partition coefficient (Wildman–Crippen LogP) is 4.63. The fourth-order valence-corrected chi connectivity index (χ4v) is 4.31. The van der Waals surface area contributed by atoms with E-state index < -0.39 is 0 Å². The van der Waals surface area contributed by atoms with E-state index in [1.807, 2.05) is 0 Å². The Hall–Kier alpha value is -0.0800. The van der Waals surface area contributed by atoms with Gasteiger partial charge in [0.2, 0.25) is 0 Å². The smallest absolute Gasteiger partial charge is 0.0685 e. The van der Waals surface area contributed by atoms with Gasteiger partial charge in [-0.05, 0) is 62.4 Å². The van der Waals surface area contributed by atoms with Gasteiger partial charge in [0.1, 0.15) is 0 Å². The van der Waals surface area contributed by atoms with Gasteiger partial charge in [-0.25, -0.2) is 0 Å². The van der Waals surface area contributed by atoms with Crippen LogP contribution in [0.4, 0.5) is 0 Å². The largest absolute Gasteiger partial charge is 0.375 e. The second-order valence-corrected chi connectivity index (χ2v) is 8.23. The zero-order valence-electron chi connectivity index (χ0n) is 14.8. The number of ether oxygens (including phenoxy) is 1. The Morgan fingerprint density at radius 3 is 2.43 bits per heavy atom. The van der Waals surface area contributed by atoms with Gasteiger partial charge < -0.3 is 10.1 Å². The molecule has 0 radical (unpaired) electrons. The van der Waals surface area contributed by atoms with Gasteiger partial charge in [0.15, 0.2) is 0 Å². The molecular formula is C19H37NO. The van der Waals surface area contributed by atoms with Crippen molar-refractivity contribution in [2.45, 2.75) is 78.2 Å². The maximum Gasteiger partial charge on any atom is 0.0685 e. The van der Waals surface area contributed by atoms with Crippen LogP contribution in [0, 0.1) is 23.7 Å². The molecule has 0 bridgehead atoms. The van der Waals surface area contributed by atoms with Crippen LogP contribution in [0.25, 0.3) is 0 Å². The van der Waals surface area contributed by atoms with Crippen molar-refractivity contribution < 1.29 is 4.74 Å². The molecule has 2 rings (SSSR count). The number of hydrogen-bond donors (Lipinski definition) is 1. The molecule has 1 heterocycles. The summed E-state index contributed by atoms with van der Waals surface area (Å²) in [5, 5.41) is 3.64. The Bertz CT molecular complexity index is 290. The van der Waals surface area contributed by atoms with Gasteiger partial charge in [-0.3, -0.25) is 0 Å². The van der Waals surface area contributed by atoms with E-state index in [2.05, 4.69) is 33.0 Å². The molecule has 0 aromatic carbocycles. The van der Waals surface area contributed by atoms with E-state index in [0.717, 1.165) is 36.8 Å². The topological polar surface area (TPSA) is 21.3 Å². The van der Waals surface area contributed by atoms with Crippen LogP contribution in [0.3, 0.4) is 0 Å². The summed E-state index contributed by atoms with van der Waals surface area (Å²) in [5.74, 6) is 3.20. The molecule has 124 valence electrons. The average Bonchev–Trinajstić information content (AvgIpc) is 2.47. The molecule has 1 N–H and O–H groups in total. The summed E-state index contributed by atoms with van der Waals surface area (Å²) in [5.41, 5.74) is 0.264. The van der Waals surface area contributed by atoms with Crippen LogP contribution in [0.5, 0.6) is 0 Å². The van der Waals surface area contributed by atoms with Crippen molar-refractivity contribution in [1.29, 1.82) is 0 Å². The third-order valence-electron chi connectivity index (χ3n) is 5.96. The van der Waals surface area contributed by atoms with Crippen LogP contribution in [-0.2, 0) is 4.74 Å². The zero-order chi connectivity index (χ0) is 15.3. The van der Waals surface area contributed by atoms with E-state index in [-0.39, 0.29) is 5.60 Å². The fraction of sp³-hybridized carbons (Fsp3) is 1.00. The van der Waals surface area contributed by atoms with E-state index in [1.54, 1.807) is 0 Å². The minimum absolute atomic E-state index is 0.264. The summed E-state index contributed by atoms with van der Waals surface area (Å²) in [6.45, 7) is 12.8. The molecule has 0 aromatic heterocycles. The Morgan fingerprint density at radius 2 is 1.76 bits per heavy atom. The van der Waals surface area contributed by atoms with E-state index in [9.17, 15) is 0 Å². The third kappa shape index (κ3) is 4.96. The minimum atomic E-state index is 0.264. The summed E-state index contributed by atoms with van der Waals surface area (Å²) in [7, 11) is 0. The lowest BCUT2D eigenvalue weighted by Crippen LogP contribution is -2.44. The monoisotopic (exact) mass is 295 g/mol. The molecule has 0 amide bonds. The van der Waals surface area contributed by atoms with Gasteiger partial charge in [0.05, 0.1) is 5.60 Å². The first-order valence-corrected chi connectivity index (χ1v) is 9.37. The highest BCUT2D eigenvalue weighted by atomic mass is 16.5. The van der Waals surface area contributed by atoms with Crippen LogP contribution in [-0.4, -0.2) is 25.3 Å². The van der Waals surface area contributed by atoms with Gasteiger partial charge in [0, 0.05) is 6.61 Å². The lowest BCUT2D eigenvalue weighted by atomic mass is 9.70. The van der Waals surface area contributed by atoms with Crippen LogP contribution < -0.4 is 5.32 Å². The molecule has 1 saturated heterocycles. The molecule has 1 saturated carbocycles.